The molecule has 3 rings (SSSR count). The number of aryl methyl sites for hydroxylation is 1. The van der Waals surface area contributed by atoms with Crippen LogP contribution in [0.15, 0.2) is 24.4 Å². The Morgan fingerprint density at radius 1 is 1.30 bits per heavy atom. The maximum Gasteiger partial charge on any atom is 0.422 e. The molecule has 1 aliphatic rings. The predicted octanol–water partition coefficient (Wildman–Crippen LogP) is 2.98. The third kappa shape index (κ3) is 4.06. The Labute approximate surface area is 153 Å². The smallest absolute Gasteiger partial charge is 0.422 e. The summed E-state index contributed by atoms with van der Waals surface area (Å²) in [6, 6.07) is 5.16. The van der Waals surface area contributed by atoms with E-state index in [9.17, 15) is 22.8 Å². The maximum atomic E-state index is 12.5. The fourth-order valence-corrected chi connectivity index (χ4v) is 3.52. The number of rotatable bonds is 2. The van der Waals surface area contributed by atoms with Crippen LogP contribution >= 0.6 is 0 Å². The number of ether oxygens (including phenoxy) is 1. The molecule has 0 aliphatic carbocycles. The molecule has 2 atom stereocenters. The molecule has 0 N–H and O–H groups in total. The van der Waals surface area contributed by atoms with Gasteiger partial charge in [-0.25, -0.2) is 4.79 Å². The van der Waals surface area contributed by atoms with Crippen molar-refractivity contribution < 1.29 is 27.5 Å². The van der Waals surface area contributed by atoms with E-state index in [-0.39, 0.29) is 12.5 Å². The molecule has 0 saturated carbocycles. The van der Waals surface area contributed by atoms with Crippen LogP contribution in [-0.4, -0.2) is 45.9 Å². The van der Waals surface area contributed by atoms with E-state index < -0.39 is 30.7 Å². The number of hydrogen-bond donors (Lipinski definition) is 0. The standard InChI is InChI=1S/C18H20F3N3O3/c1-11-6-7-15(12-4-3-5-14-13(12)8-22-23(14)2)24(9-11)16(25)17(26)27-10-18(19,20)21/h3-5,8,11,15H,6-7,9-10H2,1-2H3/t11-,15?/m0/s1. The molecule has 2 heterocycles. The molecule has 1 aliphatic heterocycles. The van der Waals surface area contributed by atoms with Crippen molar-refractivity contribution in [3.63, 3.8) is 0 Å². The van der Waals surface area contributed by atoms with Crippen LogP contribution in [0.1, 0.15) is 31.4 Å². The Bertz CT molecular complexity index is 862. The zero-order valence-corrected chi connectivity index (χ0v) is 15.0. The number of carbonyl (C=O) groups is 2. The highest BCUT2D eigenvalue weighted by molar-refractivity contribution is 6.32. The molecule has 1 saturated heterocycles. The highest BCUT2D eigenvalue weighted by Gasteiger charge is 2.37. The number of benzene rings is 1. The highest BCUT2D eigenvalue weighted by atomic mass is 19.4. The van der Waals surface area contributed by atoms with E-state index in [4.69, 9.17) is 0 Å². The molecule has 1 fully saturated rings. The number of hydrogen-bond acceptors (Lipinski definition) is 4. The summed E-state index contributed by atoms with van der Waals surface area (Å²) in [6.45, 7) is 0.438. The number of piperidine rings is 1. The van der Waals surface area contributed by atoms with Gasteiger partial charge in [-0.05, 0) is 30.4 Å². The second-order valence-electron chi connectivity index (χ2n) is 6.90. The second kappa shape index (κ2) is 7.21. The number of fused-ring (bicyclic) bond motifs is 1. The normalized spacial score (nSPS) is 20.7. The first-order valence-electron chi connectivity index (χ1n) is 8.62. The Morgan fingerprint density at radius 3 is 2.74 bits per heavy atom. The van der Waals surface area contributed by atoms with E-state index in [0.717, 1.165) is 22.9 Å². The van der Waals surface area contributed by atoms with Crippen molar-refractivity contribution in [3.8, 4) is 0 Å². The van der Waals surface area contributed by atoms with Gasteiger partial charge in [0, 0.05) is 19.0 Å². The molecule has 1 aromatic heterocycles. The Hall–Kier alpha value is -2.58. The van der Waals surface area contributed by atoms with Crippen LogP contribution < -0.4 is 0 Å². The van der Waals surface area contributed by atoms with Gasteiger partial charge >= 0.3 is 18.1 Å². The largest absolute Gasteiger partial charge is 0.449 e. The van der Waals surface area contributed by atoms with Gasteiger partial charge in [0.15, 0.2) is 6.61 Å². The van der Waals surface area contributed by atoms with Gasteiger partial charge in [0.1, 0.15) is 0 Å². The minimum atomic E-state index is -4.67. The van der Waals surface area contributed by atoms with E-state index in [2.05, 4.69) is 9.84 Å². The maximum absolute atomic E-state index is 12.5. The van der Waals surface area contributed by atoms with Crippen LogP contribution in [0.4, 0.5) is 13.2 Å². The van der Waals surface area contributed by atoms with Gasteiger partial charge in [-0.3, -0.25) is 9.48 Å². The van der Waals surface area contributed by atoms with E-state index in [1.807, 2.05) is 25.1 Å². The number of alkyl halides is 3. The van der Waals surface area contributed by atoms with Crippen LogP contribution in [0, 0.1) is 5.92 Å². The average Bonchev–Trinajstić information content (AvgIpc) is 3.00. The predicted molar refractivity (Wildman–Crippen MR) is 90.6 cm³/mol. The minimum Gasteiger partial charge on any atom is -0.449 e. The van der Waals surface area contributed by atoms with Gasteiger partial charge in [-0.2, -0.15) is 18.3 Å². The lowest BCUT2D eigenvalue weighted by atomic mass is 9.88. The summed E-state index contributed by atoms with van der Waals surface area (Å²) in [5.41, 5.74) is 1.70. The van der Waals surface area contributed by atoms with Crippen LogP contribution in [0.2, 0.25) is 0 Å². The molecule has 1 amide bonds. The van der Waals surface area contributed by atoms with Gasteiger partial charge in [-0.15, -0.1) is 0 Å². The molecule has 1 unspecified atom stereocenters. The lowest BCUT2D eigenvalue weighted by Crippen LogP contribution is -2.45. The lowest BCUT2D eigenvalue weighted by molar-refractivity contribution is -0.190. The fourth-order valence-electron chi connectivity index (χ4n) is 3.52. The zero-order valence-electron chi connectivity index (χ0n) is 15.0. The monoisotopic (exact) mass is 383 g/mol. The summed E-state index contributed by atoms with van der Waals surface area (Å²) in [5.74, 6) is -2.39. The van der Waals surface area contributed by atoms with Gasteiger partial charge < -0.3 is 9.64 Å². The van der Waals surface area contributed by atoms with Gasteiger partial charge in [0.2, 0.25) is 0 Å². The van der Waals surface area contributed by atoms with E-state index in [1.165, 1.54) is 4.90 Å². The first kappa shape index (κ1) is 19.2. The van der Waals surface area contributed by atoms with E-state index >= 15 is 0 Å². The molecule has 146 valence electrons. The van der Waals surface area contributed by atoms with E-state index in [1.54, 1.807) is 17.9 Å². The molecule has 1 aromatic carbocycles. The van der Waals surface area contributed by atoms with Gasteiger partial charge in [0.25, 0.3) is 0 Å². The van der Waals surface area contributed by atoms with Crippen LogP contribution in [0.3, 0.4) is 0 Å². The lowest BCUT2D eigenvalue weighted by Gasteiger charge is -2.38. The molecule has 0 bridgehead atoms. The van der Waals surface area contributed by atoms with Crippen molar-refractivity contribution in [1.82, 2.24) is 14.7 Å². The fraction of sp³-hybridized carbons (Fsp3) is 0.500. The number of nitrogens with zero attached hydrogens (tertiary/aromatic N) is 3. The molecular weight excluding hydrogens is 363 g/mol. The Morgan fingerprint density at radius 2 is 2.04 bits per heavy atom. The topological polar surface area (TPSA) is 64.4 Å². The van der Waals surface area contributed by atoms with Crippen LogP contribution in [-0.2, 0) is 21.4 Å². The summed E-state index contributed by atoms with van der Waals surface area (Å²) >= 11 is 0. The summed E-state index contributed by atoms with van der Waals surface area (Å²) < 4.78 is 42.7. The summed E-state index contributed by atoms with van der Waals surface area (Å²) in [7, 11) is 1.80. The van der Waals surface area contributed by atoms with E-state index in [0.29, 0.717) is 6.42 Å². The Kier molecular flexibility index (Phi) is 5.12. The number of aromatic nitrogens is 2. The van der Waals surface area contributed by atoms with Crippen molar-refractivity contribution in [2.45, 2.75) is 32.0 Å². The first-order chi connectivity index (χ1) is 12.7. The number of esters is 1. The van der Waals surface area contributed by atoms with Crippen molar-refractivity contribution in [2.75, 3.05) is 13.2 Å². The minimum absolute atomic E-state index is 0.133. The van der Waals surface area contributed by atoms with Crippen molar-refractivity contribution >= 4 is 22.8 Å². The zero-order chi connectivity index (χ0) is 19.8. The third-order valence-corrected chi connectivity index (χ3v) is 4.80. The molecule has 2 aromatic rings. The number of halogens is 3. The van der Waals surface area contributed by atoms with Crippen molar-refractivity contribution in [3.05, 3.63) is 30.0 Å². The summed E-state index contributed by atoms with van der Waals surface area (Å²) in [5, 5.41) is 5.07. The van der Waals surface area contributed by atoms with Gasteiger partial charge in [0.05, 0.1) is 17.8 Å². The quantitative estimate of drug-likeness (QED) is 0.591. The molecule has 9 heteroatoms. The molecular formula is C18H20F3N3O3. The second-order valence-corrected chi connectivity index (χ2v) is 6.90. The summed E-state index contributed by atoms with van der Waals surface area (Å²) in [6.07, 6.45) is -1.55. The van der Waals surface area contributed by atoms with Crippen LogP contribution in [0.5, 0.6) is 0 Å². The van der Waals surface area contributed by atoms with Crippen LogP contribution in [0.25, 0.3) is 10.9 Å². The number of amides is 1. The van der Waals surface area contributed by atoms with Crippen molar-refractivity contribution in [2.24, 2.45) is 13.0 Å². The number of likely N-dealkylation sites (tertiary alicyclic amines) is 1. The molecule has 6 nitrogen and oxygen atoms in total. The molecule has 27 heavy (non-hydrogen) atoms. The third-order valence-electron chi connectivity index (χ3n) is 4.80. The highest BCUT2D eigenvalue weighted by Crippen LogP contribution is 2.36. The SMILES string of the molecule is C[C@H]1CCC(c2cccc3c2cnn3C)N(C(=O)C(=O)OCC(F)(F)F)C1. The van der Waals surface area contributed by atoms with Crippen molar-refractivity contribution in [1.29, 1.82) is 0 Å². The molecule has 0 radical (unpaired) electrons. The Balaban J connectivity index is 1.89. The molecule has 0 spiro atoms. The summed E-state index contributed by atoms with van der Waals surface area (Å²) in [4.78, 5) is 25.8. The van der Waals surface area contributed by atoms with Gasteiger partial charge in [-0.1, -0.05) is 19.1 Å². The number of carbonyl (C=O) groups excluding carboxylic acids is 2. The average molecular weight is 383 g/mol. The first-order valence-corrected chi connectivity index (χ1v) is 8.62.